The van der Waals surface area contributed by atoms with Gasteiger partial charge in [-0.15, -0.1) is 0 Å². The molecule has 1 saturated heterocycles. The Morgan fingerprint density at radius 3 is 2.63 bits per heavy atom. The van der Waals surface area contributed by atoms with Crippen molar-refractivity contribution in [2.45, 2.75) is 32.2 Å². The second-order valence-electron chi connectivity index (χ2n) is 4.93. The third-order valence-corrected chi connectivity index (χ3v) is 3.48. The number of benzene rings is 1. The second-order valence-corrected chi connectivity index (χ2v) is 4.93. The van der Waals surface area contributed by atoms with Crippen molar-refractivity contribution in [1.29, 1.82) is 0 Å². The maximum absolute atomic E-state index is 5.87. The molecule has 0 aliphatic carbocycles. The lowest BCUT2D eigenvalue weighted by Gasteiger charge is -2.16. The highest BCUT2D eigenvalue weighted by atomic mass is 16.5. The van der Waals surface area contributed by atoms with Gasteiger partial charge in [-0.2, -0.15) is 0 Å². The summed E-state index contributed by atoms with van der Waals surface area (Å²) >= 11 is 0. The minimum Gasteiger partial charge on any atom is -0.493 e. The normalized spacial score (nSPS) is 18.4. The van der Waals surface area contributed by atoms with E-state index in [1.165, 1.54) is 12.8 Å². The van der Waals surface area contributed by atoms with Crippen LogP contribution in [0, 0.1) is 6.92 Å². The van der Waals surface area contributed by atoms with Crippen molar-refractivity contribution in [3.8, 4) is 17.2 Å². The quantitative estimate of drug-likeness (QED) is 0.858. The standard InChI is InChI=1S/C15H23NO3/c1-11-9-13(17-2)15(18-3)14(10-11)19-8-6-12-5-4-7-16-12/h9-10,12,16H,4-8H2,1-3H3. The molecule has 1 unspecified atom stereocenters. The van der Waals surface area contributed by atoms with Crippen LogP contribution in [-0.4, -0.2) is 33.4 Å². The van der Waals surface area contributed by atoms with E-state index in [1.807, 2.05) is 19.1 Å². The van der Waals surface area contributed by atoms with Crippen LogP contribution in [0.5, 0.6) is 17.2 Å². The summed E-state index contributed by atoms with van der Waals surface area (Å²) in [5.74, 6) is 2.15. The van der Waals surface area contributed by atoms with Crippen molar-refractivity contribution >= 4 is 0 Å². The van der Waals surface area contributed by atoms with Gasteiger partial charge in [0.25, 0.3) is 0 Å². The Labute approximate surface area is 115 Å². The molecule has 4 nitrogen and oxygen atoms in total. The number of nitrogens with one attached hydrogen (secondary N) is 1. The van der Waals surface area contributed by atoms with E-state index in [9.17, 15) is 0 Å². The molecule has 1 aromatic rings. The molecule has 1 aromatic carbocycles. The highest BCUT2D eigenvalue weighted by Crippen LogP contribution is 2.38. The lowest BCUT2D eigenvalue weighted by atomic mass is 10.1. The molecule has 0 spiro atoms. The summed E-state index contributed by atoms with van der Waals surface area (Å²) in [4.78, 5) is 0. The molecule has 19 heavy (non-hydrogen) atoms. The first kappa shape index (κ1) is 14.0. The first-order chi connectivity index (χ1) is 9.24. The van der Waals surface area contributed by atoms with Gasteiger partial charge in [0, 0.05) is 6.04 Å². The van der Waals surface area contributed by atoms with Gasteiger partial charge in [-0.25, -0.2) is 0 Å². The molecule has 2 rings (SSSR count). The number of methoxy groups -OCH3 is 2. The van der Waals surface area contributed by atoms with Crippen LogP contribution in [0.1, 0.15) is 24.8 Å². The van der Waals surface area contributed by atoms with Crippen LogP contribution in [0.15, 0.2) is 12.1 Å². The van der Waals surface area contributed by atoms with Gasteiger partial charge in [0.15, 0.2) is 11.5 Å². The van der Waals surface area contributed by atoms with Crippen LogP contribution in [0.2, 0.25) is 0 Å². The Hall–Kier alpha value is -1.42. The Morgan fingerprint density at radius 2 is 2.00 bits per heavy atom. The van der Waals surface area contributed by atoms with E-state index in [2.05, 4.69) is 5.32 Å². The summed E-state index contributed by atoms with van der Waals surface area (Å²) in [6.07, 6.45) is 3.54. The summed E-state index contributed by atoms with van der Waals surface area (Å²) in [5, 5.41) is 3.47. The topological polar surface area (TPSA) is 39.7 Å². The van der Waals surface area contributed by atoms with Gasteiger partial charge >= 0.3 is 0 Å². The molecule has 1 atom stereocenters. The maximum Gasteiger partial charge on any atom is 0.203 e. The van der Waals surface area contributed by atoms with Gasteiger partial charge in [0.2, 0.25) is 5.75 Å². The Morgan fingerprint density at radius 1 is 1.21 bits per heavy atom. The second kappa shape index (κ2) is 6.66. The van der Waals surface area contributed by atoms with Gasteiger partial charge in [-0.05, 0) is 50.4 Å². The van der Waals surface area contributed by atoms with Gasteiger partial charge in [0.1, 0.15) is 0 Å². The fourth-order valence-electron chi connectivity index (χ4n) is 2.48. The van der Waals surface area contributed by atoms with Crippen molar-refractivity contribution in [2.24, 2.45) is 0 Å². The number of ether oxygens (including phenoxy) is 3. The van der Waals surface area contributed by atoms with Crippen LogP contribution in [0.3, 0.4) is 0 Å². The minimum absolute atomic E-state index is 0.595. The fraction of sp³-hybridized carbons (Fsp3) is 0.600. The Balaban J connectivity index is 1.99. The van der Waals surface area contributed by atoms with Gasteiger partial charge in [-0.3, -0.25) is 0 Å². The van der Waals surface area contributed by atoms with Crippen molar-refractivity contribution in [2.75, 3.05) is 27.4 Å². The highest BCUT2D eigenvalue weighted by Gasteiger charge is 2.16. The molecule has 1 N–H and O–H groups in total. The lowest BCUT2D eigenvalue weighted by molar-refractivity contribution is 0.268. The predicted molar refractivity (Wildman–Crippen MR) is 75.4 cm³/mol. The monoisotopic (exact) mass is 265 g/mol. The fourth-order valence-corrected chi connectivity index (χ4v) is 2.48. The largest absolute Gasteiger partial charge is 0.493 e. The van der Waals surface area contributed by atoms with Crippen molar-refractivity contribution in [3.05, 3.63) is 17.7 Å². The third kappa shape index (κ3) is 3.53. The third-order valence-electron chi connectivity index (χ3n) is 3.48. The molecule has 0 amide bonds. The molecular weight excluding hydrogens is 242 g/mol. The van der Waals surface area contributed by atoms with Crippen LogP contribution in [0.4, 0.5) is 0 Å². The molecule has 106 valence electrons. The van der Waals surface area contributed by atoms with Crippen molar-refractivity contribution in [3.63, 3.8) is 0 Å². The zero-order valence-electron chi connectivity index (χ0n) is 12.0. The number of rotatable bonds is 6. The smallest absolute Gasteiger partial charge is 0.203 e. The molecule has 0 saturated carbocycles. The average Bonchev–Trinajstić information content (AvgIpc) is 2.91. The molecule has 4 heteroatoms. The summed E-state index contributed by atoms with van der Waals surface area (Å²) < 4.78 is 16.6. The van der Waals surface area contributed by atoms with E-state index >= 15 is 0 Å². The van der Waals surface area contributed by atoms with E-state index in [-0.39, 0.29) is 0 Å². The van der Waals surface area contributed by atoms with Crippen LogP contribution in [-0.2, 0) is 0 Å². The summed E-state index contributed by atoms with van der Waals surface area (Å²) in [6.45, 7) is 3.85. The molecule has 1 heterocycles. The van der Waals surface area contributed by atoms with E-state index in [1.54, 1.807) is 14.2 Å². The van der Waals surface area contributed by atoms with E-state index in [0.717, 1.165) is 30.0 Å². The molecule has 1 aliphatic heterocycles. The SMILES string of the molecule is COc1cc(C)cc(OCCC2CCCN2)c1OC. The zero-order chi connectivity index (χ0) is 13.7. The predicted octanol–water partition coefficient (Wildman–Crippen LogP) is 2.53. The van der Waals surface area contributed by atoms with Crippen LogP contribution < -0.4 is 19.5 Å². The lowest BCUT2D eigenvalue weighted by Crippen LogP contribution is -2.23. The average molecular weight is 265 g/mol. The van der Waals surface area contributed by atoms with Crippen LogP contribution >= 0.6 is 0 Å². The minimum atomic E-state index is 0.595. The maximum atomic E-state index is 5.87. The summed E-state index contributed by atoms with van der Waals surface area (Å²) in [7, 11) is 3.28. The number of hydrogen-bond donors (Lipinski definition) is 1. The number of hydrogen-bond acceptors (Lipinski definition) is 4. The molecule has 1 aliphatic rings. The number of aryl methyl sites for hydroxylation is 1. The van der Waals surface area contributed by atoms with E-state index in [4.69, 9.17) is 14.2 Å². The molecule has 0 radical (unpaired) electrons. The first-order valence-corrected chi connectivity index (χ1v) is 6.83. The van der Waals surface area contributed by atoms with Gasteiger partial charge in [0.05, 0.1) is 20.8 Å². The molecule has 1 fully saturated rings. The van der Waals surface area contributed by atoms with Gasteiger partial charge in [-0.1, -0.05) is 0 Å². The summed E-state index contributed by atoms with van der Waals surface area (Å²) in [6, 6.07) is 4.53. The Bertz CT molecular complexity index is 414. The van der Waals surface area contributed by atoms with Crippen molar-refractivity contribution < 1.29 is 14.2 Å². The van der Waals surface area contributed by atoms with Crippen molar-refractivity contribution in [1.82, 2.24) is 5.32 Å². The highest BCUT2D eigenvalue weighted by molar-refractivity contribution is 5.53. The first-order valence-electron chi connectivity index (χ1n) is 6.83. The van der Waals surface area contributed by atoms with Gasteiger partial charge < -0.3 is 19.5 Å². The van der Waals surface area contributed by atoms with E-state index in [0.29, 0.717) is 18.4 Å². The molecule has 0 aromatic heterocycles. The summed E-state index contributed by atoms with van der Waals surface area (Å²) in [5.41, 5.74) is 1.10. The van der Waals surface area contributed by atoms with Crippen LogP contribution in [0.25, 0.3) is 0 Å². The zero-order valence-corrected chi connectivity index (χ0v) is 12.0. The Kier molecular flexibility index (Phi) is 4.91. The van der Waals surface area contributed by atoms with E-state index < -0.39 is 0 Å². The molecule has 0 bridgehead atoms. The molecular formula is C15H23NO3.